The predicted octanol–water partition coefficient (Wildman–Crippen LogP) is 3.88. The summed E-state index contributed by atoms with van der Waals surface area (Å²) in [5.41, 5.74) is 1.27. The lowest BCUT2D eigenvalue weighted by molar-refractivity contribution is 0.404. The van der Waals surface area contributed by atoms with Gasteiger partial charge in [0.05, 0.1) is 7.11 Å². The minimum atomic E-state index is 0.377. The molecule has 0 amide bonds. The van der Waals surface area contributed by atoms with Crippen LogP contribution in [-0.4, -0.2) is 25.7 Å². The molecule has 1 fully saturated rings. The maximum absolute atomic E-state index is 5.46. The Labute approximate surface area is 121 Å². The van der Waals surface area contributed by atoms with Crippen molar-refractivity contribution in [2.75, 3.05) is 25.7 Å². The Hall–Kier alpha value is -0.670. The summed E-state index contributed by atoms with van der Waals surface area (Å²) < 4.78 is 5.46. The summed E-state index contributed by atoms with van der Waals surface area (Å²) in [6.07, 6.45) is 5.75. The summed E-state index contributed by atoms with van der Waals surface area (Å²) >= 11 is 2.08. The van der Waals surface area contributed by atoms with Crippen molar-refractivity contribution in [3.05, 3.63) is 29.8 Å². The molecule has 1 saturated carbocycles. The lowest BCUT2D eigenvalue weighted by Gasteiger charge is -2.19. The zero-order valence-corrected chi connectivity index (χ0v) is 12.8. The van der Waals surface area contributed by atoms with Gasteiger partial charge >= 0.3 is 0 Å². The van der Waals surface area contributed by atoms with E-state index in [9.17, 15) is 0 Å². The van der Waals surface area contributed by atoms with Gasteiger partial charge in [-0.25, -0.2) is 0 Å². The lowest BCUT2D eigenvalue weighted by atomic mass is 10.1. The molecule has 0 radical (unpaired) electrons. The lowest BCUT2D eigenvalue weighted by Crippen LogP contribution is -2.20. The van der Waals surface area contributed by atoms with Gasteiger partial charge in [0.2, 0.25) is 0 Å². The number of thioether (sulfide) groups is 1. The molecule has 2 nitrogen and oxygen atoms in total. The number of para-hydroxylation sites is 1. The van der Waals surface area contributed by atoms with Crippen LogP contribution >= 0.6 is 11.8 Å². The summed E-state index contributed by atoms with van der Waals surface area (Å²) in [4.78, 5) is 0. The first-order chi connectivity index (χ1) is 9.35. The van der Waals surface area contributed by atoms with Gasteiger partial charge in [-0.3, -0.25) is 0 Å². The molecule has 0 saturated heterocycles. The van der Waals surface area contributed by atoms with Gasteiger partial charge in [-0.15, -0.1) is 0 Å². The molecule has 0 heterocycles. The second-order valence-corrected chi connectivity index (χ2v) is 6.35. The van der Waals surface area contributed by atoms with Crippen molar-refractivity contribution in [1.29, 1.82) is 0 Å². The second-order valence-electron chi connectivity index (χ2n) is 5.27. The summed E-state index contributed by atoms with van der Waals surface area (Å²) in [5.74, 6) is 4.38. The normalized spacial score (nSPS) is 17.6. The highest BCUT2D eigenvalue weighted by atomic mass is 32.2. The smallest absolute Gasteiger partial charge is 0.123 e. The Morgan fingerprint density at radius 2 is 2.05 bits per heavy atom. The van der Waals surface area contributed by atoms with Crippen LogP contribution in [0.15, 0.2) is 24.3 Å². The van der Waals surface area contributed by atoms with E-state index in [0.29, 0.717) is 6.04 Å². The van der Waals surface area contributed by atoms with Gasteiger partial charge in [0.15, 0.2) is 0 Å². The average molecular weight is 279 g/mol. The SMILES string of the molecule is CNC(CSCC1CCCC1)c1ccccc1OC. The fourth-order valence-corrected chi connectivity index (χ4v) is 4.20. The first kappa shape index (κ1) is 14.7. The maximum atomic E-state index is 5.46. The molecule has 1 aliphatic rings. The van der Waals surface area contributed by atoms with E-state index in [4.69, 9.17) is 4.74 Å². The summed E-state index contributed by atoms with van der Waals surface area (Å²) in [6.45, 7) is 0. The Morgan fingerprint density at radius 1 is 1.32 bits per heavy atom. The maximum Gasteiger partial charge on any atom is 0.123 e. The monoisotopic (exact) mass is 279 g/mol. The Morgan fingerprint density at radius 3 is 2.74 bits per heavy atom. The number of benzene rings is 1. The van der Waals surface area contributed by atoms with Gasteiger partial charge in [-0.2, -0.15) is 11.8 Å². The molecule has 0 aromatic heterocycles. The van der Waals surface area contributed by atoms with E-state index < -0.39 is 0 Å². The van der Waals surface area contributed by atoms with Crippen LogP contribution in [0.5, 0.6) is 5.75 Å². The molecule has 1 unspecified atom stereocenters. The van der Waals surface area contributed by atoms with Gasteiger partial charge < -0.3 is 10.1 Å². The van der Waals surface area contributed by atoms with E-state index in [1.54, 1.807) is 7.11 Å². The molecule has 0 spiro atoms. The molecule has 1 N–H and O–H groups in total. The standard InChI is InChI=1S/C16H25NOS/c1-17-15(12-19-11-13-7-3-4-8-13)14-9-5-6-10-16(14)18-2/h5-6,9-10,13,15,17H,3-4,7-8,11-12H2,1-2H3. The van der Waals surface area contributed by atoms with Crippen LogP contribution < -0.4 is 10.1 Å². The molecule has 2 rings (SSSR count). The third-order valence-corrected chi connectivity index (χ3v) is 5.25. The van der Waals surface area contributed by atoms with Gasteiger partial charge in [0.1, 0.15) is 5.75 Å². The number of nitrogens with one attached hydrogen (secondary N) is 1. The van der Waals surface area contributed by atoms with Gasteiger partial charge in [0, 0.05) is 17.4 Å². The molecule has 1 aromatic carbocycles. The first-order valence-electron chi connectivity index (χ1n) is 7.23. The Balaban J connectivity index is 1.88. The van der Waals surface area contributed by atoms with Crippen LogP contribution in [0.3, 0.4) is 0 Å². The second kappa shape index (κ2) is 7.81. The zero-order valence-electron chi connectivity index (χ0n) is 12.0. The van der Waals surface area contributed by atoms with Crippen LogP contribution in [0.1, 0.15) is 37.3 Å². The quantitative estimate of drug-likeness (QED) is 0.818. The van der Waals surface area contributed by atoms with E-state index in [1.807, 2.05) is 19.2 Å². The van der Waals surface area contributed by atoms with Crippen LogP contribution in [0.4, 0.5) is 0 Å². The van der Waals surface area contributed by atoms with Gasteiger partial charge in [-0.05, 0) is 37.6 Å². The molecule has 19 heavy (non-hydrogen) atoms. The number of ether oxygens (including phenoxy) is 1. The van der Waals surface area contributed by atoms with E-state index in [2.05, 4.69) is 29.2 Å². The third-order valence-electron chi connectivity index (χ3n) is 3.98. The fourth-order valence-electron chi connectivity index (χ4n) is 2.81. The Kier molecular flexibility index (Phi) is 6.05. The van der Waals surface area contributed by atoms with Crippen molar-refractivity contribution in [3.8, 4) is 5.75 Å². The minimum Gasteiger partial charge on any atom is -0.496 e. The molecule has 3 heteroatoms. The summed E-state index contributed by atoms with van der Waals surface area (Å²) in [7, 11) is 3.78. The van der Waals surface area contributed by atoms with Crippen molar-refractivity contribution in [2.45, 2.75) is 31.7 Å². The van der Waals surface area contributed by atoms with Crippen LogP contribution in [0.2, 0.25) is 0 Å². The minimum absolute atomic E-state index is 0.377. The van der Waals surface area contributed by atoms with Crippen molar-refractivity contribution in [2.24, 2.45) is 5.92 Å². The number of rotatable bonds is 7. The molecule has 1 atom stereocenters. The molecule has 0 aliphatic heterocycles. The highest BCUT2D eigenvalue weighted by molar-refractivity contribution is 7.99. The Bertz CT molecular complexity index is 377. The molecule has 1 aliphatic carbocycles. The average Bonchev–Trinajstić information content (AvgIpc) is 2.97. The van der Waals surface area contributed by atoms with Crippen molar-refractivity contribution >= 4 is 11.8 Å². The number of methoxy groups -OCH3 is 1. The zero-order chi connectivity index (χ0) is 13.5. The van der Waals surface area contributed by atoms with E-state index in [1.165, 1.54) is 37.0 Å². The number of hydrogen-bond acceptors (Lipinski definition) is 3. The van der Waals surface area contributed by atoms with Crippen molar-refractivity contribution < 1.29 is 4.74 Å². The van der Waals surface area contributed by atoms with Crippen molar-refractivity contribution in [1.82, 2.24) is 5.32 Å². The fraction of sp³-hybridized carbons (Fsp3) is 0.625. The third kappa shape index (κ3) is 4.15. The molecule has 1 aromatic rings. The molecular formula is C16H25NOS. The molecule has 106 valence electrons. The highest BCUT2D eigenvalue weighted by Crippen LogP contribution is 2.31. The van der Waals surface area contributed by atoms with Crippen LogP contribution in [0.25, 0.3) is 0 Å². The first-order valence-corrected chi connectivity index (χ1v) is 8.38. The van der Waals surface area contributed by atoms with Gasteiger partial charge in [0.25, 0.3) is 0 Å². The van der Waals surface area contributed by atoms with Crippen LogP contribution in [0, 0.1) is 5.92 Å². The van der Waals surface area contributed by atoms with Crippen molar-refractivity contribution in [3.63, 3.8) is 0 Å². The predicted molar refractivity (Wildman–Crippen MR) is 84.1 cm³/mol. The molecular weight excluding hydrogens is 254 g/mol. The van der Waals surface area contributed by atoms with E-state index >= 15 is 0 Å². The summed E-state index contributed by atoms with van der Waals surface area (Å²) in [5, 5.41) is 3.42. The molecule has 0 bridgehead atoms. The largest absolute Gasteiger partial charge is 0.496 e. The van der Waals surface area contributed by atoms with Gasteiger partial charge in [-0.1, -0.05) is 31.0 Å². The van der Waals surface area contributed by atoms with E-state index in [-0.39, 0.29) is 0 Å². The number of hydrogen-bond donors (Lipinski definition) is 1. The van der Waals surface area contributed by atoms with E-state index in [0.717, 1.165) is 17.4 Å². The summed E-state index contributed by atoms with van der Waals surface area (Å²) in [6, 6.07) is 8.70. The topological polar surface area (TPSA) is 21.3 Å². The highest BCUT2D eigenvalue weighted by Gasteiger charge is 2.17. The van der Waals surface area contributed by atoms with Crippen LogP contribution in [-0.2, 0) is 0 Å².